The number of nitrogens with one attached hydrogen (secondary N) is 1. The summed E-state index contributed by atoms with van der Waals surface area (Å²) in [6.07, 6.45) is 0. The summed E-state index contributed by atoms with van der Waals surface area (Å²) < 4.78 is 24.4. The summed E-state index contributed by atoms with van der Waals surface area (Å²) in [6, 6.07) is 6.09. The number of nitriles is 1. The zero-order valence-electron chi connectivity index (χ0n) is 7.37. The molecule has 4 nitrogen and oxygen atoms in total. The highest BCUT2D eigenvalue weighted by atomic mass is 35.5. The van der Waals surface area contributed by atoms with Gasteiger partial charge in [-0.1, -0.05) is 11.6 Å². The quantitative estimate of drug-likeness (QED) is 0.851. The van der Waals surface area contributed by atoms with Gasteiger partial charge in [0.15, 0.2) is 0 Å². The molecule has 1 N–H and O–H groups in total. The SMILES string of the molecule is N#Cc1cc(Cl)ccc1NS(=O)(=O)CCl. The fourth-order valence-electron chi connectivity index (χ4n) is 0.893. The molecule has 0 saturated heterocycles. The lowest BCUT2D eigenvalue weighted by Crippen LogP contribution is -2.14. The number of nitrogens with zero attached hydrogens (tertiary/aromatic N) is 1. The molecule has 1 aromatic rings. The average Bonchev–Trinajstić information content (AvgIpc) is 2.20. The molecular formula is C8H6Cl2N2O2S. The lowest BCUT2D eigenvalue weighted by molar-refractivity contribution is 0.605. The van der Waals surface area contributed by atoms with Gasteiger partial charge < -0.3 is 0 Å². The molecule has 0 fully saturated rings. The van der Waals surface area contributed by atoms with Gasteiger partial charge in [-0.3, -0.25) is 4.72 Å². The van der Waals surface area contributed by atoms with Gasteiger partial charge in [0.1, 0.15) is 11.3 Å². The first-order valence-electron chi connectivity index (χ1n) is 3.74. The van der Waals surface area contributed by atoms with Crippen LogP contribution in [0.25, 0.3) is 0 Å². The molecule has 7 heteroatoms. The van der Waals surface area contributed by atoms with E-state index < -0.39 is 15.2 Å². The summed E-state index contributed by atoms with van der Waals surface area (Å²) in [5, 5.41) is 8.53. The number of sulfonamides is 1. The van der Waals surface area contributed by atoms with Crippen LogP contribution >= 0.6 is 23.2 Å². The number of hydrogen-bond donors (Lipinski definition) is 1. The Bertz CT molecular complexity index is 508. The Labute approximate surface area is 97.5 Å². The molecule has 1 rings (SSSR count). The zero-order valence-corrected chi connectivity index (χ0v) is 9.70. The van der Waals surface area contributed by atoms with Crippen molar-refractivity contribution < 1.29 is 8.42 Å². The minimum atomic E-state index is -3.60. The van der Waals surface area contributed by atoms with Crippen LogP contribution in [0.15, 0.2) is 18.2 Å². The van der Waals surface area contributed by atoms with E-state index in [-0.39, 0.29) is 11.3 Å². The fraction of sp³-hybridized carbons (Fsp3) is 0.125. The van der Waals surface area contributed by atoms with Gasteiger partial charge in [-0.25, -0.2) is 8.42 Å². The third-order valence-corrected chi connectivity index (χ3v) is 3.43. The summed E-state index contributed by atoms with van der Waals surface area (Å²) >= 11 is 10.9. The number of halogens is 2. The van der Waals surface area contributed by atoms with Gasteiger partial charge in [-0.15, -0.1) is 11.6 Å². The zero-order chi connectivity index (χ0) is 11.5. The largest absolute Gasteiger partial charge is 0.281 e. The van der Waals surface area contributed by atoms with Crippen molar-refractivity contribution in [2.24, 2.45) is 0 Å². The molecular weight excluding hydrogens is 259 g/mol. The maximum Gasteiger partial charge on any atom is 0.246 e. The van der Waals surface area contributed by atoms with Crippen molar-refractivity contribution in [3.8, 4) is 6.07 Å². The second-order valence-electron chi connectivity index (χ2n) is 2.63. The van der Waals surface area contributed by atoms with E-state index >= 15 is 0 Å². The summed E-state index contributed by atoms with van der Waals surface area (Å²) in [5.74, 6) is 0. The summed E-state index contributed by atoms with van der Waals surface area (Å²) in [5.41, 5.74) is 0.318. The van der Waals surface area contributed by atoms with Gasteiger partial charge in [0.05, 0.1) is 11.3 Å². The normalized spacial score (nSPS) is 10.7. The van der Waals surface area contributed by atoms with Crippen LogP contribution in [0.4, 0.5) is 5.69 Å². The topological polar surface area (TPSA) is 70.0 Å². The maximum absolute atomic E-state index is 11.1. The van der Waals surface area contributed by atoms with Crippen molar-refractivity contribution >= 4 is 38.9 Å². The Morgan fingerprint density at radius 2 is 2.13 bits per heavy atom. The van der Waals surface area contributed by atoms with E-state index in [1.54, 1.807) is 0 Å². The smallest absolute Gasteiger partial charge is 0.246 e. The van der Waals surface area contributed by atoms with Gasteiger partial charge in [0, 0.05) is 5.02 Å². The van der Waals surface area contributed by atoms with Gasteiger partial charge in [-0.2, -0.15) is 5.26 Å². The van der Waals surface area contributed by atoms with E-state index in [9.17, 15) is 8.42 Å². The van der Waals surface area contributed by atoms with Crippen molar-refractivity contribution in [2.45, 2.75) is 0 Å². The molecule has 0 aliphatic carbocycles. The van der Waals surface area contributed by atoms with Gasteiger partial charge in [0.25, 0.3) is 0 Å². The van der Waals surface area contributed by atoms with Gasteiger partial charge in [0.2, 0.25) is 10.0 Å². The highest BCUT2D eigenvalue weighted by Gasteiger charge is 2.11. The molecule has 15 heavy (non-hydrogen) atoms. The third-order valence-electron chi connectivity index (χ3n) is 1.51. The van der Waals surface area contributed by atoms with Crippen molar-refractivity contribution in [3.63, 3.8) is 0 Å². The fourth-order valence-corrected chi connectivity index (χ4v) is 1.80. The first-order chi connectivity index (χ1) is 6.98. The van der Waals surface area contributed by atoms with Gasteiger partial charge >= 0.3 is 0 Å². The Balaban J connectivity index is 3.12. The van der Waals surface area contributed by atoms with E-state index in [0.717, 1.165) is 0 Å². The first-order valence-corrected chi connectivity index (χ1v) is 6.31. The number of anilines is 1. The van der Waals surface area contributed by atoms with E-state index in [4.69, 9.17) is 28.5 Å². The predicted octanol–water partition coefficient (Wildman–Crippen LogP) is 2.15. The molecule has 0 aliphatic heterocycles. The highest BCUT2D eigenvalue weighted by Crippen LogP contribution is 2.20. The number of rotatable bonds is 3. The third kappa shape index (κ3) is 3.27. The molecule has 0 saturated carbocycles. The number of benzene rings is 1. The van der Waals surface area contributed by atoms with Crippen LogP contribution in [0.5, 0.6) is 0 Å². The summed E-state index contributed by atoms with van der Waals surface area (Å²) in [4.78, 5) is 0. The lowest BCUT2D eigenvalue weighted by Gasteiger charge is -2.06. The monoisotopic (exact) mass is 264 g/mol. The van der Waals surface area contributed by atoms with Crippen LogP contribution < -0.4 is 4.72 Å². The predicted molar refractivity (Wildman–Crippen MR) is 59.4 cm³/mol. The van der Waals surface area contributed by atoms with Crippen LogP contribution in [0.3, 0.4) is 0 Å². The second kappa shape index (κ2) is 4.71. The molecule has 0 aliphatic rings. The van der Waals surface area contributed by atoms with Crippen LogP contribution in [0.2, 0.25) is 5.02 Å². The molecule has 0 atom stereocenters. The van der Waals surface area contributed by atoms with E-state index in [2.05, 4.69) is 4.72 Å². The minimum Gasteiger partial charge on any atom is -0.281 e. The molecule has 0 aromatic heterocycles. The Morgan fingerprint density at radius 3 is 2.67 bits per heavy atom. The van der Waals surface area contributed by atoms with Crippen molar-refractivity contribution in [1.29, 1.82) is 5.26 Å². The van der Waals surface area contributed by atoms with Crippen molar-refractivity contribution in [3.05, 3.63) is 28.8 Å². The molecule has 0 bridgehead atoms. The average molecular weight is 265 g/mol. The molecule has 0 amide bonds. The van der Waals surface area contributed by atoms with E-state index in [1.165, 1.54) is 18.2 Å². The Morgan fingerprint density at radius 1 is 1.47 bits per heavy atom. The summed E-state index contributed by atoms with van der Waals surface area (Å²) in [7, 11) is -3.60. The minimum absolute atomic E-state index is 0.149. The molecule has 0 spiro atoms. The van der Waals surface area contributed by atoms with Crippen LogP contribution in [0.1, 0.15) is 5.56 Å². The van der Waals surface area contributed by atoms with Gasteiger partial charge in [-0.05, 0) is 18.2 Å². The Hall–Kier alpha value is -0.960. The van der Waals surface area contributed by atoms with Crippen LogP contribution in [0, 0.1) is 11.3 Å². The van der Waals surface area contributed by atoms with Crippen molar-refractivity contribution in [1.82, 2.24) is 0 Å². The summed E-state index contributed by atoms with van der Waals surface area (Å²) in [6.45, 7) is 0. The molecule has 1 aromatic carbocycles. The first kappa shape index (κ1) is 12.1. The van der Waals surface area contributed by atoms with E-state index in [1.807, 2.05) is 6.07 Å². The molecule has 0 heterocycles. The number of alkyl halides is 1. The maximum atomic E-state index is 11.1. The highest BCUT2D eigenvalue weighted by molar-refractivity contribution is 7.93. The van der Waals surface area contributed by atoms with Crippen LogP contribution in [-0.2, 0) is 10.0 Å². The lowest BCUT2D eigenvalue weighted by atomic mass is 10.2. The molecule has 0 radical (unpaired) electrons. The second-order valence-corrected chi connectivity index (χ2v) is 5.37. The number of hydrogen-bond acceptors (Lipinski definition) is 3. The van der Waals surface area contributed by atoms with Crippen molar-refractivity contribution in [2.75, 3.05) is 9.93 Å². The van der Waals surface area contributed by atoms with Crippen LogP contribution in [-0.4, -0.2) is 13.6 Å². The molecule has 0 unspecified atom stereocenters. The molecule has 80 valence electrons. The standard InChI is InChI=1S/C8H6Cl2N2O2S/c9-5-15(13,14)12-8-2-1-7(10)3-6(8)4-11/h1-3,12H,5H2. The Kier molecular flexibility index (Phi) is 3.80. The van der Waals surface area contributed by atoms with E-state index in [0.29, 0.717) is 5.02 Å².